The zero-order valence-electron chi connectivity index (χ0n) is 14.5. The van der Waals surface area contributed by atoms with E-state index in [0.717, 1.165) is 0 Å². The highest BCUT2D eigenvalue weighted by Gasteiger charge is 2.13. The first-order valence-electron chi connectivity index (χ1n) is 7.72. The third kappa shape index (κ3) is 4.16. The topological polar surface area (TPSA) is 132 Å². The van der Waals surface area contributed by atoms with Crippen LogP contribution >= 0.6 is 11.8 Å². The number of nitrogen functional groups attached to an aromatic ring is 1. The number of nitrogens with zero attached hydrogens (tertiary/aromatic N) is 5. The number of benzene rings is 1. The van der Waals surface area contributed by atoms with Crippen molar-refractivity contribution in [1.29, 1.82) is 5.26 Å². The van der Waals surface area contributed by atoms with Crippen LogP contribution in [0.25, 0.3) is 5.82 Å². The van der Waals surface area contributed by atoms with Crippen LogP contribution in [0.2, 0.25) is 0 Å². The van der Waals surface area contributed by atoms with Gasteiger partial charge in [0.15, 0.2) is 11.0 Å². The van der Waals surface area contributed by atoms with Crippen molar-refractivity contribution in [3.63, 3.8) is 0 Å². The average Bonchev–Trinajstić information content (AvgIpc) is 3.03. The summed E-state index contributed by atoms with van der Waals surface area (Å²) in [6.45, 7) is 1.44. The number of hydrogen-bond donors (Lipinski definition) is 2. The summed E-state index contributed by atoms with van der Waals surface area (Å²) in [6, 6.07) is 10.4. The van der Waals surface area contributed by atoms with Crippen LogP contribution in [0.15, 0.2) is 41.7 Å². The molecular formula is C17H15N7O2S. The molecule has 0 radical (unpaired) electrons. The van der Waals surface area contributed by atoms with Crippen molar-refractivity contribution in [2.75, 3.05) is 17.3 Å². The normalized spacial score (nSPS) is 10.3. The molecule has 0 saturated heterocycles. The quantitative estimate of drug-likeness (QED) is 0.509. The Morgan fingerprint density at radius 1 is 1.33 bits per heavy atom. The van der Waals surface area contributed by atoms with Gasteiger partial charge in [-0.3, -0.25) is 4.79 Å². The molecule has 136 valence electrons. The van der Waals surface area contributed by atoms with E-state index in [0.29, 0.717) is 28.3 Å². The van der Waals surface area contributed by atoms with E-state index in [2.05, 4.69) is 20.4 Å². The number of rotatable bonds is 5. The second kappa shape index (κ2) is 7.76. The van der Waals surface area contributed by atoms with E-state index in [4.69, 9.17) is 15.7 Å². The van der Waals surface area contributed by atoms with Gasteiger partial charge in [-0.15, -0.1) is 0 Å². The van der Waals surface area contributed by atoms with Gasteiger partial charge in [-0.1, -0.05) is 11.8 Å². The maximum atomic E-state index is 11.1. The number of nitrogens with two attached hydrogens (primary N) is 1. The van der Waals surface area contributed by atoms with Crippen LogP contribution in [0.3, 0.4) is 0 Å². The Hall–Kier alpha value is -3.58. The van der Waals surface area contributed by atoms with Crippen LogP contribution in [-0.2, 0) is 4.79 Å². The number of anilines is 2. The summed E-state index contributed by atoms with van der Waals surface area (Å²) in [5, 5.41) is 16.3. The minimum absolute atomic E-state index is 0.151. The van der Waals surface area contributed by atoms with Crippen molar-refractivity contribution in [3.05, 3.63) is 42.1 Å². The highest BCUT2D eigenvalue weighted by Crippen LogP contribution is 2.26. The maximum absolute atomic E-state index is 11.1. The molecule has 0 bridgehead atoms. The van der Waals surface area contributed by atoms with E-state index in [9.17, 15) is 4.79 Å². The molecule has 0 fully saturated rings. The summed E-state index contributed by atoms with van der Waals surface area (Å²) in [5.74, 6) is 1.26. The van der Waals surface area contributed by atoms with Gasteiger partial charge in [0, 0.05) is 18.7 Å². The zero-order valence-corrected chi connectivity index (χ0v) is 15.3. The van der Waals surface area contributed by atoms with Crippen molar-refractivity contribution in [1.82, 2.24) is 19.7 Å². The van der Waals surface area contributed by atoms with Crippen LogP contribution in [0.5, 0.6) is 11.6 Å². The van der Waals surface area contributed by atoms with Crippen LogP contribution in [0, 0.1) is 11.3 Å². The third-order valence-electron chi connectivity index (χ3n) is 3.39. The third-order valence-corrected chi connectivity index (χ3v) is 3.94. The first-order valence-corrected chi connectivity index (χ1v) is 8.95. The van der Waals surface area contributed by atoms with Gasteiger partial charge in [0.2, 0.25) is 11.8 Å². The number of hydrogen-bond acceptors (Lipinski definition) is 8. The summed E-state index contributed by atoms with van der Waals surface area (Å²) < 4.78 is 7.15. The van der Waals surface area contributed by atoms with Crippen molar-refractivity contribution >= 4 is 29.2 Å². The first kappa shape index (κ1) is 18.2. The molecule has 0 aliphatic rings. The van der Waals surface area contributed by atoms with E-state index in [1.165, 1.54) is 29.6 Å². The molecule has 9 nitrogen and oxygen atoms in total. The summed E-state index contributed by atoms with van der Waals surface area (Å²) in [6.07, 6.45) is 3.20. The molecule has 0 aliphatic heterocycles. The number of carbonyl (C=O) groups is 1. The van der Waals surface area contributed by atoms with E-state index in [1.54, 1.807) is 30.3 Å². The molecule has 3 aromatic rings. The zero-order chi connectivity index (χ0) is 19.4. The van der Waals surface area contributed by atoms with Crippen molar-refractivity contribution in [2.24, 2.45) is 0 Å². The molecule has 3 rings (SSSR count). The number of amides is 1. The highest BCUT2D eigenvalue weighted by atomic mass is 32.2. The van der Waals surface area contributed by atoms with Gasteiger partial charge in [0.1, 0.15) is 23.2 Å². The van der Waals surface area contributed by atoms with E-state index < -0.39 is 0 Å². The number of nitrogens with one attached hydrogen (secondary N) is 1. The predicted octanol–water partition coefficient (Wildman–Crippen LogP) is 2.59. The molecule has 2 aromatic heterocycles. The lowest BCUT2D eigenvalue weighted by atomic mass is 10.3. The fourth-order valence-corrected chi connectivity index (χ4v) is 2.57. The Morgan fingerprint density at radius 2 is 2.07 bits per heavy atom. The highest BCUT2D eigenvalue weighted by molar-refractivity contribution is 7.98. The minimum Gasteiger partial charge on any atom is -0.439 e. The lowest BCUT2D eigenvalue weighted by Gasteiger charge is -2.10. The van der Waals surface area contributed by atoms with Crippen molar-refractivity contribution in [2.45, 2.75) is 12.1 Å². The molecule has 27 heavy (non-hydrogen) atoms. The maximum Gasteiger partial charge on any atom is 0.225 e. The molecule has 1 amide bonds. The molecular weight excluding hydrogens is 366 g/mol. The molecule has 3 N–H and O–H groups in total. The molecule has 0 spiro atoms. The van der Waals surface area contributed by atoms with Crippen molar-refractivity contribution < 1.29 is 9.53 Å². The Kier molecular flexibility index (Phi) is 5.23. The lowest BCUT2D eigenvalue weighted by molar-refractivity contribution is -0.114. The second-order valence-electron chi connectivity index (χ2n) is 5.33. The summed E-state index contributed by atoms with van der Waals surface area (Å²) in [5.41, 5.74) is 6.85. The average molecular weight is 381 g/mol. The number of thioether (sulfide) groups is 1. The summed E-state index contributed by atoms with van der Waals surface area (Å²) in [4.78, 5) is 19.8. The SMILES string of the molecule is CSc1nc(Oc2ccc(NC(C)=O)cc2)cc(-n2ncc(C#N)c2N)n1. The van der Waals surface area contributed by atoms with Gasteiger partial charge < -0.3 is 15.8 Å². The smallest absolute Gasteiger partial charge is 0.225 e. The van der Waals surface area contributed by atoms with Crippen LogP contribution in [0.4, 0.5) is 11.5 Å². The van der Waals surface area contributed by atoms with Crippen molar-refractivity contribution in [3.8, 4) is 23.5 Å². The first-order chi connectivity index (χ1) is 13.0. The Bertz CT molecular complexity index is 1020. The van der Waals surface area contributed by atoms with Gasteiger partial charge >= 0.3 is 0 Å². The van der Waals surface area contributed by atoms with Gasteiger partial charge in [-0.25, -0.2) is 4.98 Å². The number of ether oxygens (including phenoxy) is 1. The molecule has 0 unspecified atom stereocenters. The largest absolute Gasteiger partial charge is 0.439 e. The van der Waals surface area contributed by atoms with E-state index in [-0.39, 0.29) is 17.3 Å². The fourth-order valence-electron chi connectivity index (χ4n) is 2.20. The van der Waals surface area contributed by atoms with Gasteiger partial charge in [0.05, 0.1) is 6.20 Å². The number of carbonyl (C=O) groups excluding carboxylic acids is 1. The van der Waals surface area contributed by atoms with Crippen LogP contribution in [0.1, 0.15) is 12.5 Å². The predicted molar refractivity (Wildman–Crippen MR) is 101 cm³/mol. The Labute approximate surface area is 159 Å². The van der Waals surface area contributed by atoms with Crippen LogP contribution < -0.4 is 15.8 Å². The standard InChI is InChI=1S/C17H15N7O2S/c1-10(25)21-12-3-5-13(6-4-12)26-15-7-14(22-17(23-15)27-2)24-16(19)11(8-18)9-20-24/h3-7,9H,19H2,1-2H3,(H,21,25). The monoisotopic (exact) mass is 381 g/mol. The molecule has 1 aromatic carbocycles. The van der Waals surface area contributed by atoms with E-state index >= 15 is 0 Å². The van der Waals surface area contributed by atoms with E-state index in [1.807, 2.05) is 12.3 Å². The lowest BCUT2D eigenvalue weighted by Crippen LogP contribution is -2.07. The molecule has 10 heteroatoms. The fraction of sp³-hybridized carbons (Fsp3) is 0.118. The summed E-state index contributed by atoms with van der Waals surface area (Å²) >= 11 is 1.33. The number of aromatic nitrogens is 4. The van der Waals surface area contributed by atoms with Crippen LogP contribution in [-0.4, -0.2) is 31.9 Å². The number of nitriles is 1. The molecule has 0 saturated carbocycles. The Balaban J connectivity index is 1.90. The van der Waals surface area contributed by atoms with Gasteiger partial charge in [0.25, 0.3) is 0 Å². The summed E-state index contributed by atoms with van der Waals surface area (Å²) in [7, 11) is 0. The van der Waals surface area contributed by atoms with Gasteiger partial charge in [-0.2, -0.15) is 20.0 Å². The van der Waals surface area contributed by atoms with Gasteiger partial charge in [-0.05, 0) is 30.5 Å². The molecule has 0 aliphatic carbocycles. The molecule has 0 atom stereocenters. The Morgan fingerprint density at radius 3 is 2.67 bits per heavy atom. The minimum atomic E-state index is -0.151. The molecule has 2 heterocycles. The second-order valence-corrected chi connectivity index (χ2v) is 6.10.